The van der Waals surface area contributed by atoms with Gasteiger partial charge < -0.3 is 16.2 Å². The molecule has 0 fully saturated rings. The lowest BCUT2D eigenvalue weighted by Gasteiger charge is -2.08. The highest BCUT2D eigenvalue weighted by atomic mass is 16.4. The monoisotopic (exact) mass is 271 g/mol. The summed E-state index contributed by atoms with van der Waals surface area (Å²) in [7, 11) is 0. The first-order valence-corrected chi connectivity index (χ1v) is 6.40. The van der Waals surface area contributed by atoms with E-state index in [1.54, 1.807) is 0 Å². The van der Waals surface area contributed by atoms with Gasteiger partial charge in [-0.25, -0.2) is 9.78 Å². The van der Waals surface area contributed by atoms with Crippen molar-refractivity contribution < 1.29 is 9.90 Å². The molecule has 0 bridgehead atoms. The number of nitrogens with two attached hydrogens (primary N) is 1. The number of hydrogen-bond acceptors (Lipinski definition) is 4. The van der Waals surface area contributed by atoms with E-state index in [0.717, 1.165) is 12.0 Å². The van der Waals surface area contributed by atoms with Gasteiger partial charge in [-0.15, -0.1) is 0 Å². The zero-order chi connectivity index (χ0) is 14.5. The highest BCUT2D eigenvalue weighted by Gasteiger charge is 2.09. The fraction of sp³-hybridized carbons (Fsp3) is 0.200. The van der Waals surface area contributed by atoms with Gasteiger partial charge in [0.05, 0.1) is 17.4 Å². The molecule has 0 aliphatic carbocycles. The van der Waals surface area contributed by atoms with E-state index in [1.807, 2.05) is 12.1 Å². The van der Waals surface area contributed by atoms with E-state index in [2.05, 4.69) is 29.4 Å². The average Bonchev–Trinajstić information content (AvgIpc) is 2.46. The molecule has 2 aromatic rings. The maximum atomic E-state index is 11.0. The predicted molar refractivity (Wildman–Crippen MR) is 78.8 cm³/mol. The van der Waals surface area contributed by atoms with Crippen LogP contribution in [0, 0.1) is 0 Å². The summed E-state index contributed by atoms with van der Waals surface area (Å²) < 4.78 is 0. The molecule has 1 aromatic heterocycles. The summed E-state index contributed by atoms with van der Waals surface area (Å²) in [4.78, 5) is 15.1. The smallest absolute Gasteiger partial charge is 0.337 e. The van der Waals surface area contributed by atoms with Gasteiger partial charge in [-0.05, 0) is 23.6 Å². The lowest BCUT2D eigenvalue weighted by molar-refractivity contribution is 0.0698. The SMILES string of the molecule is CCc1ccc(CNc2cc(C(=O)O)c(N)cn2)cc1. The topological polar surface area (TPSA) is 88.2 Å². The van der Waals surface area contributed by atoms with Gasteiger partial charge in [0.2, 0.25) is 0 Å². The molecule has 2 rings (SSSR count). The first kappa shape index (κ1) is 13.9. The Morgan fingerprint density at radius 2 is 1.95 bits per heavy atom. The van der Waals surface area contributed by atoms with Crippen molar-refractivity contribution in [1.29, 1.82) is 0 Å². The lowest BCUT2D eigenvalue weighted by atomic mass is 10.1. The van der Waals surface area contributed by atoms with Gasteiger partial charge in [0.1, 0.15) is 5.82 Å². The lowest BCUT2D eigenvalue weighted by Crippen LogP contribution is -2.07. The van der Waals surface area contributed by atoms with Crippen molar-refractivity contribution in [1.82, 2.24) is 4.98 Å². The maximum absolute atomic E-state index is 11.0. The fourth-order valence-corrected chi connectivity index (χ4v) is 1.83. The van der Waals surface area contributed by atoms with Crippen LogP contribution in [0.1, 0.15) is 28.4 Å². The summed E-state index contributed by atoms with van der Waals surface area (Å²) in [6, 6.07) is 9.69. The van der Waals surface area contributed by atoms with E-state index in [0.29, 0.717) is 12.4 Å². The van der Waals surface area contributed by atoms with Crippen molar-refractivity contribution in [2.24, 2.45) is 0 Å². The van der Waals surface area contributed by atoms with E-state index < -0.39 is 5.97 Å². The van der Waals surface area contributed by atoms with Gasteiger partial charge in [-0.2, -0.15) is 0 Å². The molecular formula is C15H17N3O2. The van der Waals surface area contributed by atoms with E-state index in [4.69, 9.17) is 10.8 Å². The number of pyridine rings is 1. The van der Waals surface area contributed by atoms with Crippen LogP contribution in [-0.2, 0) is 13.0 Å². The number of nitrogens with one attached hydrogen (secondary N) is 1. The van der Waals surface area contributed by atoms with Crippen molar-refractivity contribution in [3.63, 3.8) is 0 Å². The van der Waals surface area contributed by atoms with Crippen LogP contribution in [0.3, 0.4) is 0 Å². The number of aryl methyl sites for hydroxylation is 1. The fourth-order valence-electron chi connectivity index (χ4n) is 1.83. The maximum Gasteiger partial charge on any atom is 0.337 e. The minimum atomic E-state index is -1.06. The molecule has 20 heavy (non-hydrogen) atoms. The second kappa shape index (κ2) is 6.06. The summed E-state index contributed by atoms with van der Waals surface area (Å²) in [6.45, 7) is 2.69. The number of benzene rings is 1. The molecule has 5 heteroatoms. The number of nitrogens with zero attached hydrogens (tertiary/aromatic N) is 1. The quantitative estimate of drug-likeness (QED) is 0.777. The third kappa shape index (κ3) is 3.26. The Bertz CT molecular complexity index is 609. The van der Waals surface area contributed by atoms with Crippen LogP contribution in [-0.4, -0.2) is 16.1 Å². The summed E-state index contributed by atoms with van der Waals surface area (Å²) in [5.74, 6) is -0.559. The number of rotatable bonds is 5. The van der Waals surface area contributed by atoms with Crippen LogP contribution >= 0.6 is 0 Å². The van der Waals surface area contributed by atoms with Crippen LogP contribution in [0.4, 0.5) is 11.5 Å². The molecule has 5 nitrogen and oxygen atoms in total. The Hall–Kier alpha value is -2.56. The molecular weight excluding hydrogens is 254 g/mol. The van der Waals surface area contributed by atoms with Gasteiger partial charge in [-0.3, -0.25) is 0 Å². The van der Waals surface area contributed by atoms with Crippen molar-refractivity contribution in [2.45, 2.75) is 19.9 Å². The third-order valence-corrected chi connectivity index (χ3v) is 3.07. The van der Waals surface area contributed by atoms with Gasteiger partial charge >= 0.3 is 5.97 Å². The summed E-state index contributed by atoms with van der Waals surface area (Å²) in [6.07, 6.45) is 2.36. The minimum Gasteiger partial charge on any atom is -0.478 e. The second-order valence-electron chi connectivity index (χ2n) is 4.49. The average molecular weight is 271 g/mol. The van der Waals surface area contributed by atoms with E-state index in [-0.39, 0.29) is 11.3 Å². The number of hydrogen-bond donors (Lipinski definition) is 3. The Morgan fingerprint density at radius 3 is 2.55 bits per heavy atom. The Morgan fingerprint density at radius 1 is 1.30 bits per heavy atom. The van der Waals surface area contributed by atoms with Gasteiger partial charge in [-0.1, -0.05) is 31.2 Å². The highest BCUT2D eigenvalue weighted by molar-refractivity contribution is 5.94. The highest BCUT2D eigenvalue weighted by Crippen LogP contribution is 2.15. The Labute approximate surface area is 117 Å². The molecule has 0 spiro atoms. The van der Waals surface area contributed by atoms with Crippen molar-refractivity contribution >= 4 is 17.5 Å². The summed E-state index contributed by atoms with van der Waals surface area (Å²) >= 11 is 0. The number of aromatic nitrogens is 1. The zero-order valence-corrected chi connectivity index (χ0v) is 11.3. The van der Waals surface area contributed by atoms with Crippen LogP contribution in [0.5, 0.6) is 0 Å². The normalized spacial score (nSPS) is 10.2. The molecule has 0 unspecified atom stereocenters. The zero-order valence-electron chi connectivity index (χ0n) is 11.3. The molecule has 0 amide bonds. The molecule has 0 aliphatic heterocycles. The van der Waals surface area contributed by atoms with Crippen LogP contribution in [0.15, 0.2) is 36.5 Å². The van der Waals surface area contributed by atoms with Crippen LogP contribution in [0.2, 0.25) is 0 Å². The molecule has 0 radical (unpaired) electrons. The number of anilines is 2. The van der Waals surface area contributed by atoms with Crippen molar-refractivity contribution in [2.75, 3.05) is 11.1 Å². The van der Waals surface area contributed by atoms with E-state index in [1.165, 1.54) is 17.8 Å². The predicted octanol–water partition coefficient (Wildman–Crippen LogP) is 2.54. The molecule has 104 valence electrons. The standard InChI is InChI=1S/C15H17N3O2/c1-2-10-3-5-11(6-4-10)8-17-14-7-12(15(19)20)13(16)9-18-14/h3-7,9H,2,8,16H2,1H3,(H,17,18)(H,19,20). The molecule has 1 heterocycles. The van der Waals surface area contributed by atoms with Gasteiger partial charge in [0, 0.05) is 6.54 Å². The van der Waals surface area contributed by atoms with Crippen molar-refractivity contribution in [3.05, 3.63) is 53.2 Å². The number of carboxylic acid groups (broad SMARTS) is 1. The number of carbonyl (C=O) groups is 1. The number of nitrogen functional groups attached to an aromatic ring is 1. The van der Waals surface area contributed by atoms with Gasteiger partial charge in [0.15, 0.2) is 0 Å². The molecule has 1 aromatic carbocycles. The first-order chi connectivity index (χ1) is 9.60. The van der Waals surface area contributed by atoms with Crippen LogP contribution < -0.4 is 11.1 Å². The molecule has 0 aliphatic rings. The summed E-state index contributed by atoms with van der Waals surface area (Å²) in [5, 5.41) is 12.1. The molecule has 0 atom stereocenters. The van der Waals surface area contributed by atoms with Crippen LogP contribution in [0.25, 0.3) is 0 Å². The van der Waals surface area contributed by atoms with E-state index in [9.17, 15) is 4.79 Å². The molecule has 0 saturated heterocycles. The second-order valence-corrected chi connectivity index (χ2v) is 4.49. The number of aromatic carboxylic acids is 1. The van der Waals surface area contributed by atoms with Crippen molar-refractivity contribution in [3.8, 4) is 0 Å². The largest absolute Gasteiger partial charge is 0.478 e. The molecule has 0 saturated carbocycles. The summed E-state index contributed by atoms with van der Waals surface area (Å²) in [5.41, 5.74) is 8.17. The number of carboxylic acids is 1. The first-order valence-electron chi connectivity index (χ1n) is 6.40. The Kier molecular flexibility index (Phi) is 4.20. The Balaban J connectivity index is 2.06. The van der Waals surface area contributed by atoms with Gasteiger partial charge in [0.25, 0.3) is 0 Å². The third-order valence-electron chi connectivity index (χ3n) is 3.07. The molecule has 4 N–H and O–H groups in total. The minimum absolute atomic E-state index is 0.0591. The van der Waals surface area contributed by atoms with E-state index >= 15 is 0 Å².